The van der Waals surface area contributed by atoms with Crippen LogP contribution in [0.2, 0.25) is 0 Å². The van der Waals surface area contributed by atoms with Gasteiger partial charge in [-0.2, -0.15) is 0 Å². The Morgan fingerprint density at radius 3 is 2.90 bits per heavy atom. The van der Waals surface area contributed by atoms with Crippen LogP contribution >= 0.6 is 11.3 Å². The van der Waals surface area contributed by atoms with E-state index in [-0.39, 0.29) is 5.91 Å². The Morgan fingerprint density at radius 2 is 2.14 bits per heavy atom. The number of nitrogens with one attached hydrogen (secondary N) is 1. The van der Waals surface area contributed by atoms with Gasteiger partial charge in [0.1, 0.15) is 5.01 Å². The smallest absolute Gasteiger partial charge is 0.286 e. The summed E-state index contributed by atoms with van der Waals surface area (Å²) in [5, 5.41) is 5.78. The van der Waals surface area contributed by atoms with E-state index in [0.29, 0.717) is 18.7 Å². The Hall–Kier alpha value is -2.47. The van der Waals surface area contributed by atoms with Gasteiger partial charge in [-0.25, -0.2) is 4.98 Å². The van der Waals surface area contributed by atoms with Gasteiger partial charge >= 0.3 is 0 Å². The van der Waals surface area contributed by atoms with Gasteiger partial charge in [-0.1, -0.05) is 0 Å². The molecule has 0 atom stereocenters. The quantitative estimate of drug-likeness (QED) is 0.786. The van der Waals surface area contributed by atoms with Gasteiger partial charge in [-0.15, -0.1) is 11.3 Å². The molecule has 21 heavy (non-hydrogen) atoms. The normalized spacial score (nSPS) is 10.5. The number of hydrogen-bond donors (Lipinski definition) is 1. The van der Waals surface area contributed by atoms with Gasteiger partial charge in [0.2, 0.25) is 0 Å². The predicted molar refractivity (Wildman–Crippen MR) is 80.1 cm³/mol. The zero-order valence-corrected chi connectivity index (χ0v) is 12.0. The number of furan rings is 1. The zero-order valence-electron chi connectivity index (χ0n) is 11.2. The second kappa shape index (κ2) is 6.32. The number of rotatable bonds is 5. The third-order valence-corrected chi connectivity index (χ3v) is 3.83. The third-order valence-electron chi connectivity index (χ3n) is 2.89. The summed E-state index contributed by atoms with van der Waals surface area (Å²) < 4.78 is 5.03. The summed E-state index contributed by atoms with van der Waals surface area (Å²) in [6, 6.07) is 7.19. The van der Waals surface area contributed by atoms with Crippen molar-refractivity contribution in [3.05, 3.63) is 59.8 Å². The average molecular weight is 299 g/mol. The molecule has 0 aromatic carbocycles. The number of carbonyl (C=O) groups is 1. The van der Waals surface area contributed by atoms with E-state index in [9.17, 15) is 4.79 Å². The molecule has 0 aliphatic heterocycles. The van der Waals surface area contributed by atoms with Crippen molar-refractivity contribution in [3.63, 3.8) is 0 Å². The summed E-state index contributed by atoms with van der Waals surface area (Å²) in [5.74, 6) is 0.121. The predicted octanol–water partition coefficient (Wildman–Crippen LogP) is 2.77. The first kappa shape index (κ1) is 13.5. The number of pyridine rings is 1. The van der Waals surface area contributed by atoms with Gasteiger partial charge in [0.05, 0.1) is 12.0 Å². The van der Waals surface area contributed by atoms with Crippen molar-refractivity contribution >= 4 is 17.2 Å². The summed E-state index contributed by atoms with van der Waals surface area (Å²) >= 11 is 1.59. The van der Waals surface area contributed by atoms with Crippen molar-refractivity contribution < 1.29 is 9.21 Å². The van der Waals surface area contributed by atoms with E-state index >= 15 is 0 Å². The van der Waals surface area contributed by atoms with Crippen LogP contribution in [-0.4, -0.2) is 22.4 Å². The van der Waals surface area contributed by atoms with Crippen LogP contribution in [0, 0.1) is 0 Å². The number of aromatic nitrogens is 2. The van der Waals surface area contributed by atoms with E-state index in [4.69, 9.17) is 4.42 Å². The molecule has 0 saturated carbocycles. The summed E-state index contributed by atoms with van der Waals surface area (Å²) in [6.45, 7) is 0.527. The molecule has 0 fully saturated rings. The van der Waals surface area contributed by atoms with Crippen LogP contribution in [0.25, 0.3) is 10.6 Å². The van der Waals surface area contributed by atoms with E-state index in [1.54, 1.807) is 35.9 Å². The Bertz CT molecular complexity index is 708. The molecule has 1 N–H and O–H groups in total. The molecular formula is C15H13N3O2S. The van der Waals surface area contributed by atoms with Crippen LogP contribution in [0.15, 0.2) is 52.7 Å². The molecule has 0 saturated heterocycles. The number of hydrogen-bond acceptors (Lipinski definition) is 5. The van der Waals surface area contributed by atoms with Gasteiger partial charge < -0.3 is 9.73 Å². The molecule has 5 nitrogen and oxygen atoms in total. The summed E-state index contributed by atoms with van der Waals surface area (Å²) in [5.41, 5.74) is 2.02. The van der Waals surface area contributed by atoms with Crippen molar-refractivity contribution in [2.75, 3.05) is 6.54 Å². The average Bonchev–Trinajstić information content (AvgIpc) is 3.20. The fraction of sp³-hybridized carbons (Fsp3) is 0.133. The van der Waals surface area contributed by atoms with Crippen LogP contribution in [0.4, 0.5) is 0 Å². The molecule has 0 bridgehead atoms. The summed E-state index contributed by atoms with van der Waals surface area (Å²) in [4.78, 5) is 20.2. The lowest BCUT2D eigenvalue weighted by molar-refractivity contribution is 0.0926. The minimum absolute atomic E-state index is 0.204. The molecule has 106 valence electrons. The highest BCUT2D eigenvalue weighted by Gasteiger charge is 2.08. The van der Waals surface area contributed by atoms with Gasteiger partial charge in [0, 0.05) is 36.3 Å². The van der Waals surface area contributed by atoms with Gasteiger partial charge in [0.15, 0.2) is 5.76 Å². The van der Waals surface area contributed by atoms with Crippen LogP contribution < -0.4 is 5.32 Å². The summed E-state index contributed by atoms with van der Waals surface area (Å²) in [7, 11) is 0. The fourth-order valence-corrected chi connectivity index (χ4v) is 2.71. The zero-order chi connectivity index (χ0) is 14.5. The van der Waals surface area contributed by atoms with Crippen LogP contribution in [0.5, 0.6) is 0 Å². The van der Waals surface area contributed by atoms with Gasteiger partial charge in [-0.05, 0) is 24.3 Å². The first-order valence-corrected chi connectivity index (χ1v) is 7.37. The molecule has 3 aromatic heterocycles. The van der Waals surface area contributed by atoms with E-state index < -0.39 is 0 Å². The maximum Gasteiger partial charge on any atom is 0.286 e. The molecule has 1 amide bonds. The second-order valence-electron chi connectivity index (χ2n) is 4.36. The number of amides is 1. The first-order chi connectivity index (χ1) is 10.3. The highest BCUT2D eigenvalue weighted by Crippen LogP contribution is 2.22. The monoisotopic (exact) mass is 299 g/mol. The van der Waals surface area contributed by atoms with Crippen molar-refractivity contribution in [1.82, 2.24) is 15.3 Å². The molecule has 6 heteroatoms. The van der Waals surface area contributed by atoms with Crippen molar-refractivity contribution in [1.29, 1.82) is 0 Å². The second-order valence-corrected chi connectivity index (χ2v) is 5.22. The molecule has 3 rings (SSSR count). The Labute approximate surface area is 125 Å². The highest BCUT2D eigenvalue weighted by molar-refractivity contribution is 7.13. The van der Waals surface area contributed by atoms with E-state index in [2.05, 4.69) is 15.3 Å². The molecule has 0 radical (unpaired) electrons. The Morgan fingerprint density at radius 1 is 1.29 bits per heavy atom. The number of carbonyl (C=O) groups excluding carboxylic acids is 1. The molecule has 0 unspecified atom stereocenters. The minimum atomic E-state index is -0.204. The lowest BCUT2D eigenvalue weighted by atomic mass is 10.3. The van der Waals surface area contributed by atoms with Gasteiger partial charge in [-0.3, -0.25) is 9.78 Å². The van der Waals surface area contributed by atoms with E-state index in [1.807, 2.05) is 17.5 Å². The SMILES string of the molecule is O=C(NCCc1csc(-c2ccncc2)n1)c1ccco1. The van der Waals surface area contributed by atoms with Crippen molar-refractivity contribution in [3.8, 4) is 10.6 Å². The third kappa shape index (κ3) is 3.35. The standard InChI is InChI=1S/C15H13N3O2S/c19-14(13-2-1-9-20-13)17-8-5-12-10-21-15(18-12)11-3-6-16-7-4-11/h1-4,6-7,9-10H,5,8H2,(H,17,19). The maximum absolute atomic E-state index is 11.7. The fourth-order valence-electron chi connectivity index (χ4n) is 1.85. The number of nitrogens with zero attached hydrogens (tertiary/aromatic N) is 2. The Balaban J connectivity index is 1.55. The van der Waals surface area contributed by atoms with Crippen molar-refractivity contribution in [2.45, 2.75) is 6.42 Å². The van der Waals surface area contributed by atoms with E-state index in [0.717, 1.165) is 16.3 Å². The highest BCUT2D eigenvalue weighted by atomic mass is 32.1. The molecule has 0 aliphatic rings. The molecule has 3 heterocycles. The van der Waals surface area contributed by atoms with Crippen LogP contribution in [0.3, 0.4) is 0 Å². The van der Waals surface area contributed by atoms with Crippen molar-refractivity contribution in [2.24, 2.45) is 0 Å². The first-order valence-electron chi connectivity index (χ1n) is 6.49. The molecule has 0 aliphatic carbocycles. The van der Waals surface area contributed by atoms with Crippen LogP contribution in [-0.2, 0) is 6.42 Å². The summed E-state index contributed by atoms with van der Waals surface area (Å²) in [6.07, 6.45) is 5.67. The lowest BCUT2D eigenvalue weighted by Crippen LogP contribution is -2.25. The largest absolute Gasteiger partial charge is 0.459 e. The lowest BCUT2D eigenvalue weighted by Gasteiger charge is -2.01. The van der Waals surface area contributed by atoms with E-state index in [1.165, 1.54) is 6.26 Å². The number of thiazole rings is 1. The van der Waals surface area contributed by atoms with Crippen LogP contribution in [0.1, 0.15) is 16.2 Å². The molecule has 0 spiro atoms. The molecule has 3 aromatic rings. The van der Waals surface area contributed by atoms with Gasteiger partial charge in [0.25, 0.3) is 5.91 Å². The molecular weight excluding hydrogens is 286 g/mol. The minimum Gasteiger partial charge on any atom is -0.459 e. The Kier molecular flexibility index (Phi) is 4.07. The topological polar surface area (TPSA) is 68.0 Å². The maximum atomic E-state index is 11.7.